The quantitative estimate of drug-likeness (QED) is 0.525. The van der Waals surface area contributed by atoms with Gasteiger partial charge in [-0.05, 0) is 24.2 Å². The summed E-state index contributed by atoms with van der Waals surface area (Å²) in [4.78, 5) is 0. The zero-order valence-electron chi connectivity index (χ0n) is 9.35. The highest BCUT2D eigenvalue weighted by atomic mass is 31.1. The molecule has 0 spiro atoms. The molecule has 0 heterocycles. The van der Waals surface area contributed by atoms with Crippen LogP contribution in [0.5, 0.6) is 0 Å². The van der Waals surface area contributed by atoms with E-state index in [1.165, 1.54) is 10.6 Å². The lowest BCUT2D eigenvalue weighted by atomic mass is 10.4. The predicted octanol–water partition coefficient (Wildman–Crippen LogP) is 4.07. The van der Waals surface area contributed by atoms with Gasteiger partial charge in [0.1, 0.15) is 0 Å². The summed E-state index contributed by atoms with van der Waals surface area (Å²) >= 11 is 0. The second-order valence-corrected chi connectivity index (χ2v) is 5.66. The van der Waals surface area contributed by atoms with Crippen LogP contribution in [0.25, 0.3) is 0 Å². The fraction of sp³-hybridized carbons (Fsp3) is 0.143. The third kappa shape index (κ3) is 3.85. The molecule has 15 heavy (non-hydrogen) atoms. The summed E-state index contributed by atoms with van der Waals surface area (Å²) in [5, 5.41) is 2.85. The third-order valence-electron chi connectivity index (χ3n) is 2.26. The molecule has 0 amide bonds. The molecule has 0 aliphatic heterocycles. The van der Waals surface area contributed by atoms with Gasteiger partial charge in [-0.15, -0.1) is 0 Å². The Kier molecular flexibility index (Phi) is 5.07. The highest BCUT2D eigenvalue weighted by Gasteiger charge is 2.04. The molecule has 1 atom stereocenters. The van der Waals surface area contributed by atoms with Gasteiger partial charge in [0.2, 0.25) is 0 Å². The van der Waals surface area contributed by atoms with Crippen LogP contribution in [-0.4, -0.2) is 6.66 Å². The summed E-state index contributed by atoms with van der Waals surface area (Å²) in [6, 6.07) is 10.6. The number of hydrogen-bond acceptors (Lipinski definition) is 0. The molecular formula is C14H17P. The minimum Gasteiger partial charge on any atom is -0.0991 e. The first-order valence-corrected chi connectivity index (χ1v) is 6.79. The molecule has 0 aliphatic rings. The fourth-order valence-electron chi connectivity index (χ4n) is 1.24. The van der Waals surface area contributed by atoms with Crippen LogP contribution in [0.15, 0.2) is 66.5 Å². The highest BCUT2D eigenvalue weighted by molar-refractivity contribution is 7.68. The number of benzene rings is 1. The normalized spacial score (nSPS) is 14.1. The van der Waals surface area contributed by atoms with Crippen LogP contribution in [0, 0.1) is 0 Å². The molecule has 0 aliphatic carbocycles. The number of hydrogen-bond donors (Lipinski definition) is 0. The Balaban J connectivity index is 2.76. The maximum atomic E-state index is 3.65. The molecule has 0 bridgehead atoms. The van der Waals surface area contributed by atoms with Crippen LogP contribution in [0.4, 0.5) is 0 Å². The van der Waals surface area contributed by atoms with E-state index in [1.807, 2.05) is 12.2 Å². The van der Waals surface area contributed by atoms with E-state index in [1.54, 1.807) is 6.08 Å². The highest BCUT2D eigenvalue weighted by Crippen LogP contribution is 2.38. The van der Waals surface area contributed by atoms with Gasteiger partial charge in [0.05, 0.1) is 0 Å². The average molecular weight is 216 g/mol. The van der Waals surface area contributed by atoms with Crippen molar-refractivity contribution in [1.29, 1.82) is 0 Å². The van der Waals surface area contributed by atoms with Crippen LogP contribution in [0.2, 0.25) is 0 Å². The van der Waals surface area contributed by atoms with Crippen molar-refractivity contribution in [3.8, 4) is 0 Å². The molecular weight excluding hydrogens is 199 g/mol. The van der Waals surface area contributed by atoms with E-state index in [0.717, 1.165) is 0 Å². The maximum Gasteiger partial charge on any atom is -0.0201 e. The van der Waals surface area contributed by atoms with Gasteiger partial charge in [-0.25, -0.2) is 0 Å². The van der Waals surface area contributed by atoms with Crippen molar-refractivity contribution < 1.29 is 0 Å². The lowest BCUT2D eigenvalue weighted by Gasteiger charge is -2.12. The molecule has 78 valence electrons. The van der Waals surface area contributed by atoms with E-state index in [-0.39, 0.29) is 7.92 Å². The van der Waals surface area contributed by atoms with Crippen molar-refractivity contribution in [2.24, 2.45) is 0 Å². The Labute approximate surface area is 93.8 Å². The van der Waals surface area contributed by atoms with Gasteiger partial charge in [0, 0.05) is 0 Å². The van der Waals surface area contributed by atoms with E-state index in [2.05, 4.69) is 56.6 Å². The molecule has 0 fully saturated rings. The smallest absolute Gasteiger partial charge is 0.0201 e. The zero-order chi connectivity index (χ0) is 11.1. The van der Waals surface area contributed by atoms with Crippen LogP contribution in [-0.2, 0) is 0 Å². The predicted molar refractivity (Wildman–Crippen MR) is 72.0 cm³/mol. The first kappa shape index (κ1) is 11.9. The van der Waals surface area contributed by atoms with Gasteiger partial charge >= 0.3 is 0 Å². The van der Waals surface area contributed by atoms with E-state index in [0.29, 0.717) is 0 Å². The zero-order valence-corrected chi connectivity index (χ0v) is 10.2. The molecule has 0 nitrogen and oxygen atoms in total. The van der Waals surface area contributed by atoms with E-state index < -0.39 is 0 Å². The first-order chi connectivity index (χ1) is 7.25. The second-order valence-electron chi connectivity index (χ2n) is 3.32. The van der Waals surface area contributed by atoms with E-state index in [9.17, 15) is 0 Å². The Bertz CT molecular complexity index is 360. The summed E-state index contributed by atoms with van der Waals surface area (Å²) in [7, 11) is -0.178. The van der Waals surface area contributed by atoms with Crippen LogP contribution >= 0.6 is 7.92 Å². The fourth-order valence-corrected chi connectivity index (χ4v) is 2.58. The SMILES string of the molecule is C=C/C=C\C=C(/C)P(C)c1ccccc1. The Hall–Kier alpha value is -1.13. The molecule has 0 radical (unpaired) electrons. The van der Waals surface area contributed by atoms with Crippen LogP contribution in [0.3, 0.4) is 0 Å². The molecule has 1 heteroatoms. The molecule has 1 rings (SSSR count). The van der Waals surface area contributed by atoms with Gasteiger partial charge in [-0.1, -0.05) is 69.1 Å². The Morgan fingerprint density at radius 3 is 2.47 bits per heavy atom. The lowest BCUT2D eigenvalue weighted by molar-refractivity contribution is 1.64. The maximum absolute atomic E-state index is 3.65. The van der Waals surface area contributed by atoms with Crippen molar-refractivity contribution in [3.63, 3.8) is 0 Å². The molecule has 0 saturated carbocycles. The summed E-state index contributed by atoms with van der Waals surface area (Å²) < 4.78 is 0. The summed E-state index contributed by atoms with van der Waals surface area (Å²) in [6.07, 6.45) is 7.96. The molecule has 0 aromatic heterocycles. The number of rotatable bonds is 4. The summed E-state index contributed by atoms with van der Waals surface area (Å²) in [6.45, 7) is 8.13. The van der Waals surface area contributed by atoms with Crippen molar-refractivity contribution in [2.75, 3.05) is 6.66 Å². The molecule has 1 unspecified atom stereocenters. The van der Waals surface area contributed by atoms with Gasteiger partial charge in [0.15, 0.2) is 0 Å². The monoisotopic (exact) mass is 216 g/mol. The second kappa shape index (κ2) is 6.37. The minimum atomic E-state index is -0.178. The summed E-state index contributed by atoms with van der Waals surface area (Å²) in [5.41, 5.74) is 0. The van der Waals surface area contributed by atoms with Gasteiger partial charge in [0.25, 0.3) is 0 Å². The first-order valence-electron chi connectivity index (χ1n) is 5.00. The Morgan fingerprint density at radius 2 is 1.87 bits per heavy atom. The van der Waals surface area contributed by atoms with Crippen molar-refractivity contribution in [2.45, 2.75) is 6.92 Å². The van der Waals surface area contributed by atoms with Crippen LogP contribution in [0.1, 0.15) is 6.92 Å². The molecule has 0 N–H and O–H groups in total. The number of allylic oxidation sites excluding steroid dienone is 5. The van der Waals surface area contributed by atoms with E-state index in [4.69, 9.17) is 0 Å². The standard InChI is InChI=1S/C14H17P/c1-4-5-7-10-13(2)15(3)14-11-8-6-9-12-14/h4-12H,1H2,2-3H3/b7-5-,13-10+. The molecule has 0 saturated heterocycles. The van der Waals surface area contributed by atoms with E-state index >= 15 is 0 Å². The van der Waals surface area contributed by atoms with Gasteiger partial charge in [-0.3, -0.25) is 0 Å². The van der Waals surface area contributed by atoms with Crippen LogP contribution < -0.4 is 5.30 Å². The topological polar surface area (TPSA) is 0 Å². The lowest BCUT2D eigenvalue weighted by Crippen LogP contribution is -1.98. The minimum absolute atomic E-state index is 0.178. The average Bonchev–Trinajstić information content (AvgIpc) is 2.29. The summed E-state index contributed by atoms with van der Waals surface area (Å²) in [5.74, 6) is 0. The van der Waals surface area contributed by atoms with Crippen molar-refractivity contribution >= 4 is 13.2 Å². The van der Waals surface area contributed by atoms with Crippen molar-refractivity contribution in [1.82, 2.24) is 0 Å². The molecule has 1 aromatic rings. The largest absolute Gasteiger partial charge is 0.0991 e. The third-order valence-corrected chi connectivity index (χ3v) is 4.54. The van der Waals surface area contributed by atoms with Gasteiger partial charge < -0.3 is 0 Å². The Morgan fingerprint density at radius 1 is 1.20 bits per heavy atom. The van der Waals surface area contributed by atoms with Crippen molar-refractivity contribution in [3.05, 3.63) is 66.5 Å². The molecule has 1 aromatic carbocycles. The van der Waals surface area contributed by atoms with Gasteiger partial charge in [-0.2, -0.15) is 0 Å².